The van der Waals surface area contributed by atoms with Crippen molar-refractivity contribution in [3.63, 3.8) is 0 Å². The summed E-state index contributed by atoms with van der Waals surface area (Å²) in [5, 5.41) is 9.36. The molecule has 5 nitrogen and oxygen atoms in total. The molecule has 2 atom stereocenters. The van der Waals surface area contributed by atoms with E-state index in [1.54, 1.807) is 6.33 Å². The Morgan fingerprint density at radius 3 is 2.52 bits per heavy atom. The van der Waals surface area contributed by atoms with E-state index in [2.05, 4.69) is 63.4 Å². The van der Waals surface area contributed by atoms with Crippen LogP contribution in [0, 0.1) is 0 Å². The van der Waals surface area contributed by atoms with Crippen LogP contribution < -0.4 is 0 Å². The minimum Gasteiger partial charge on any atom is -0.327 e. The van der Waals surface area contributed by atoms with E-state index in [0.717, 1.165) is 17.3 Å². The number of likely N-dealkylation sites (N-methyl/N-ethyl adjacent to an activating group) is 1. The highest BCUT2D eigenvalue weighted by Crippen LogP contribution is 2.54. The molecule has 1 aromatic carbocycles. The minimum atomic E-state index is 0.140. The molecular formula is C20H20ClN5S. The molecule has 1 N–H and O–H groups in total. The first kappa shape index (κ1) is 18.2. The molecule has 2 unspecified atom stereocenters. The summed E-state index contributed by atoms with van der Waals surface area (Å²) in [5.74, 6) is 0.826. The van der Waals surface area contributed by atoms with E-state index in [0.29, 0.717) is 5.25 Å². The van der Waals surface area contributed by atoms with Gasteiger partial charge in [0, 0.05) is 22.7 Å². The highest BCUT2D eigenvalue weighted by atomic mass is 35.5. The van der Waals surface area contributed by atoms with Crippen LogP contribution >= 0.6 is 23.4 Å². The predicted octanol–water partition coefficient (Wildman–Crippen LogP) is 4.75. The molecule has 3 heterocycles. The molecule has 0 fully saturated rings. The lowest BCUT2D eigenvalue weighted by Crippen LogP contribution is -2.22. The Labute approximate surface area is 167 Å². The maximum Gasteiger partial charge on any atom is 0.167 e. The van der Waals surface area contributed by atoms with Crippen LogP contribution in [0.3, 0.4) is 0 Å². The number of aromatic nitrogens is 4. The maximum atomic E-state index is 6.11. The van der Waals surface area contributed by atoms with Gasteiger partial charge in [-0.25, -0.2) is 0 Å². The molecule has 0 amide bonds. The van der Waals surface area contributed by atoms with Gasteiger partial charge in [0.2, 0.25) is 0 Å². The van der Waals surface area contributed by atoms with Crippen molar-refractivity contribution >= 4 is 28.3 Å². The zero-order chi connectivity index (χ0) is 18.8. The van der Waals surface area contributed by atoms with Gasteiger partial charge in [0.25, 0.3) is 0 Å². The molecule has 0 saturated carbocycles. The Morgan fingerprint density at radius 2 is 1.89 bits per heavy atom. The molecule has 1 aliphatic rings. The van der Waals surface area contributed by atoms with Crippen LogP contribution in [0.15, 0.2) is 60.7 Å². The average molecular weight is 398 g/mol. The third-order valence-electron chi connectivity index (χ3n) is 4.70. The van der Waals surface area contributed by atoms with Crippen molar-refractivity contribution < 1.29 is 0 Å². The topological polar surface area (TPSA) is 57.7 Å². The van der Waals surface area contributed by atoms with Crippen molar-refractivity contribution in [3.8, 4) is 0 Å². The Morgan fingerprint density at radius 1 is 1.15 bits per heavy atom. The van der Waals surface area contributed by atoms with Crippen molar-refractivity contribution in [1.82, 2.24) is 25.1 Å². The smallest absolute Gasteiger partial charge is 0.167 e. The SMILES string of the molecule is CN(C)C(C1=C(c2nnc[nH]2)SC(c2ccncc2)C1)c1ccc(Cl)cc1. The number of aromatic amines is 1. The summed E-state index contributed by atoms with van der Waals surface area (Å²) in [6.07, 6.45) is 6.28. The van der Waals surface area contributed by atoms with Gasteiger partial charge in [0.15, 0.2) is 5.82 Å². The lowest BCUT2D eigenvalue weighted by atomic mass is 9.92. The molecular weight excluding hydrogens is 378 g/mol. The summed E-state index contributed by atoms with van der Waals surface area (Å²) in [6.45, 7) is 0. The standard InChI is InChI=1S/C20H20ClN5S/c1-26(2)18(14-3-5-15(21)6-4-14)16-11-17(13-7-9-22-10-8-13)27-19(16)20-23-12-24-25-20/h3-10,12,17-18H,11H2,1-2H3,(H,23,24,25). The van der Waals surface area contributed by atoms with E-state index in [-0.39, 0.29) is 6.04 Å². The maximum absolute atomic E-state index is 6.11. The van der Waals surface area contributed by atoms with Crippen molar-refractivity contribution in [2.45, 2.75) is 17.7 Å². The van der Waals surface area contributed by atoms with Gasteiger partial charge < -0.3 is 4.98 Å². The first-order chi connectivity index (χ1) is 13.1. The molecule has 0 spiro atoms. The van der Waals surface area contributed by atoms with Gasteiger partial charge in [-0.3, -0.25) is 9.88 Å². The lowest BCUT2D eigenvalue weighted by Gasteiger charge is -2.27. The number of nitrogens with one attached hydrogen (secondary N) is 1. The molecule has 0 bridgehead atoms. The number of H-pyrrole nitrogens is 1. The fraction of sp³-hybridized carbons (Fsp3) is 0.250. The summed E-state index contributed by atoms with van der Waals surface area (Å²) < 4.78 is 0. The van der Waals surface area contributed by atoms with Gasteiger partial charge in [-0.1, -0.05) is 23.7 Å². The summed E-state index contributed by atoms with van der Waals surface area (Å²) in [5.41, 5.74) is 3.83. The zero-order valence-electron chi connectivity index (χ0n) is 15.1. The largest absolute Gasteiger partial charge is 0.327 e. The Balaban J connectivity index is 1.77. The van der Waals surface area contributed by atoms with Gasteiger partial charge in [-0.05, 0) is 61.5 Å². The first-order valence-electron chi connectivity index (χ1n) is 8.71. The number of halogens is 1. The number of nitrogens with zero attached hydrogens (tertiary/aromatic N) is 4. The van der Waals surface area contributed by atoms with Crippen LogP contribution in [0.5, 0.6) is 0 Å². The Hall–Kier alpha value is -2.15. The van der Waals surface area contributed by atoms with E-state index in [1.165, 1.54) is 21.6 Å². The van der Waals surface area contributed by atoms with Gasteiger partial charge in [-0.2, -0.15) is 0 Å². The minimum absolute atomic E-state index is 0.140. The van der Waals surface area contributed by atoms with E-state index in [9.17, 15) is 0 Å². The Kier molecular flexibility index (Phi) is 5.29. The second-order valence-corrected chi connectivity index (χ2v) is 8.35. The fourth-order valence-corrected chi connectivity index (χ4v) is 5.06. The lowest BCUT2D eigenvalue weighted by molar-refractivity contribution is 0.333. The molecule has 0 aliphatic carbocycles. The molecule has 7 heteroatoms. The predicted molar refractivity (Wildman–Crippen MR) is 110 cm³/mol. The van der Waals surface area contributed by atoms with Crippen LogP contribution in [-0.4, -0.2) is 39.2 Å². The number of pyridine rings is 1. The quantitative estimate of drug-likeness (QED) is 0.673. The average Bonchev–Trinajstić information content (AvgIpc) is 3.34. The van der Waals surface area contributed by atoms with Crippen LogP contribution in [0.2, 0.25) is 5.02 Å². The van der Waals surface area contributed by atoms with Crippen LogP contribution in [0.4, 0.5) is 0 Å². The zero-order valence-corrected chi connectivity index (χ0v) is 16.7. The van der Waals surface area contributed by atoms with Crippen molar-refractivity contribution in [2.75, 3.05) is 14.1 Å². The second-order valence-electron chi connectivity index (χ2n) is 6.70. The normalized spacial score (nSPS) is 18.3. The van der Waals surface area contributed by atoms with Crippen LogP contribution in [-0.2, 0) is 0 Å². The van der Waals surface area contributed by atoms with Gasteiger partial charge in [0.1, 0.15) is 6.33 Å². The van der Waals surface area contributed by atoms with Gasteiger partial charge in [0.05, 0.1) is 10.9 Å². The van der Waals surface area contributed by atoms with E-state index >= 15 is 0 Å². The third kappa shape index (κ3) is 3.78. The molecule has 0 radical (unpaired) electrons. The number of hydrogen-bond donors (Lipinski definition) is 1. The highest BCUT2D eigenvalue weighted by molar-refractivity contribution is 8.08. The second kappa shape index (κ2) is 7.84. The summed E-state index contributed by atoms with van der Waals surface area (Å²) in [7, 11) is 4.21. The van der Waals surface area contributed by atoms with Crippen LogP contribution in [0.1, 0.15) is 34.7 Å². The fourth-order valence-electron chi connectivity index (χ4n) is 3.53. The molecule has 0 saturated heterocycles. The number of rotatable bonds is 5. The molecule has 3 aromatic rings. The highest BCUT2D eigenvalue weighted by Gasteiger charge is 2.34. The number of benzene rings is 1. The molecule has 1 aliphatic heterocycles. The summed E-state index contributed by atoms with van der Waals surface area (Å²) in [4.78, 5) is 10.7. The number of thioether (sulfide) groups is 1. The third-order valence-corrected chi connectivity index (χ3v) is 6.37. The van der Waals surface area contributed by atoms with Crippen molar-refractivity contribution in [2.24, 2.45) is 0 Å². The van der Waals surface area contributed by atoms with Crippen molar-refractivity contribution in [3.05, 3.63) is 82.7 Å². The van der Waals surface area contributed by atoms with Crippen LogP contribution in [0.25, 0.3) is 4.91 Å². The molecule has 138 valence electrons. The van der Waals surface area contributed by atoms with E-state index in [1.807, 2.05) is 36.3 Å². The van der Waals surface area contributed by atoms with E-state index in [4.69, 9.17) is 11.6 Å². The van der Waals surface area contributed by atoms with E-state index < -0.39 is 0 Å². The molecule has 27 heavy (non-hydrogen) atoms. The van der Waals surface area contributed by atoms with Gasteiger partial charge >= 0.3 is 0 Å². The molecule has 4 rings (SSSR count). The van der Waals surface area contributed by atoms with Gasteiger partial charge in [-0.15, -0.1) is 22.0 Å². The monoisotopic (exact) mass is 397 g/mol. The van der Waals surface area contributed by atoms with Crippen molar-refractivity contribution in [1.29, 1.82) is 0 Å². The summed E-state index contributed by atoms with van der Waals surface area (Å²) >= 11 is 7.95. The number of hydrogen-bond acceptors (Lipinski definition) is 5. The Bertz CT molecular complexity index is 923. The first-order valence-corrected chi connectivity index (χ1v) is 9.97. The molecule has 2 aromatic heterocycles. The summed E-state index contributed by atoms with van der Waals surface area (Å²) in [6, 6.07) is 12.4.